The van der Waals surface area contributed by atoms with Crippen molar-refractivity contribution in [2.75, 3.05) is 26.2 Å². The number of rotatable bonds is 5. The van der Waals surface area contributed by atoms with Gasteiger partial charge in [-0.25, -0.2) is 4.63 Å². The van der Waals surface area contributed by atoms with Crippen molar-refractivity contribution in [3.63, 3.8) is 0 Å². The average molecular weight is 252 g/mol. The molecule has 1 amide bonds. The highest BCUT2D eigenvalue weighted by atomic mass is 16.6. The van der Waals surface area contributed by atoms with E-state index in [4.69, 9.17) is 0 Å². The number of hydrogen-bond donors (Lipinski definition) is 1. The molecular weight excluding hydrogens is 232 g/mol. The number of piperidine rings is 1. The van der Waals surface area contributed by atoms with E-state index in [1.807, 2.05) is 0 Å². The Kier molecular flexibility index (Phi) is 4.69. The van der Waals surface area contributed by atoms with Crippen LogP contribution in [-0.4, -0.2) is 47.3 Å². The predicted octanol–water partition coefficient (Wildman–Crippen LogP) is 0.984. The molecule has 0 aromatic carbocycles. The van der Waals surface area contributed by atoms with Crippen LogP contribution in [0, 0.1) is 6.92 Å². The van der Waals surface area contributed by atoms with Crippen LogP contribution in [0.2, 0.25) is 0 Å². The topological polar surface area (TPSA) is 71.3 Å². The van der Waals surface area contributed by atoms with Gasteiger partial charge < -0.3 is 10.2 Å². The fourth-order valence-electron chi connectivity index (χ4n) is 2.21. The van der Waals surface area contributed by atoms with E-state index in [-0.39, 0.29) is 11.6 Å². The summed E-state index contributed by atoms with van der Waals surface area (Å²) in [5.74, 6) is -0.201. The van der Waals surface area contributed by atoms with Gasteiger partial charge in [0.15, 0.2) is 5.69 Å². The molecule has 2 rings (SSSR count). The molecule has 1 aliphatic heterocycles. The lowest BCUT2D eigenvalue weighted by Crippen LogP contribution is -2.33. The summed E-state index contributed by atoms with van der Waals surface area (Å²) >= 11 is 0. The Hall–Kier alpha value is -1.43. The molecule has 2 heterocycles. The van der Waals surface area contributed by atoms with E-state index in [0.29, 0.717) is 12.2 Å². The molecule has 1 aliphatic rings. The SMILES string of the molecule is Cc1nonc1C(=O)NCCCN1CCCCC1. The third-order valence-electron chi connectivity index (χ3n) is 3.25. The number of aromatic nitrogens is 2. The van der Waals surface area contributed by atoms with Crippen LogP contribution in [0.4, 0.5) is 0 Å². The highest BCUT2D eigenvalue weighted by Crippen LogP contribution is 2.08. The molecule has 6 nitrogen and oxygen atoms in total. The molecule has 0 spiro atoms. The quantitative estimate of drug-likeness (QED) is 0.791. The van der Waals surface area contributed by atoms with Gasteiger partial charge in [-0.3, -0.25) is 4.79 Å². The van der Waals surface area contributed by atoms with Gasteiger partial charge in [0.1, 0.15) is 5.69 Å². The monoisotopic (exact) mass is 252 g/mol. The summed E-state index contributed by atoms with van der Waals surface area (Å²) in [6, 6.07) is 0. The summed E-state index contributed by atoms with van der Waals surface area (Å²) in [5.41, 5.74) is 0.816. The Morgan fingerprint density at radius 3 is 2.78 bits per heavy atom. The normalized spacial score (nSPS) is 16.7. The van der Waals surface area contributed by atoms with Crippen LogP contribution in [0.3, 0.4) is 0 Å². The Morgan fingerprint density at radius 1 is 1.33 bits per heavy atom. The first-order chi connectivity index (χ1) is 8.77. The fourth-order valence-corrected chi connectivity index (χ4v) is 2.21. The van der Waals surface area contributed by atoms with E-state index in [1.54, 1.807) is 6.92 Å². The largest absolute Gasteiger partial charge is 0.350 e. The van der Waals surface area contributed by atoms with Gasteiger partial charge in [0.25, 0.3) is 5.91 Å². The number of carbonyl (C=O) groups is 1. The third kappa shape index (κ3) is 3.53. The zero-order valence-corrected chi connectivity index (χ0v) is 10.8. The molecule has 1 N–H and O–H groups in total. The van der Waals surface area contributed by atoms with Crippen LogP contribution >= 0.6 is 0 Å². The maximum Gasteiger partial charge on any atom is 0.275 e. The third-order valence-corrected chi connectivity index (χ3v) is 3.25. The summed E-state index contributed by atoms with van der Waals surface area (Å²) in [7, 11) is 0. The van der Waals surface area contributed by atoms with Gasteiger partial charge in [0.05, 0.1) is 0 Å². The van der Waals surface area contributed by atoms with Crippen molar-refractivity contribution in [1.82, 2.24) is 20.5 Å². The van der Waals surface area contributed by atoms with Crippen LogP contribution in [0.25, 0.3) is 0 Å². The first-order valence-electron chi connectivity index (χ1n) is 6.57. The van der Waals surface area contributed by atoms with Crippen molar-refractivity contribution in [3.8, 4) is 0 Å². The lowest BCUT2D eigenvalue weighted by Gasteiger charge is -2.26. The molecule has 0 aliphatic carbocycles. The van der Waals surface area contributed by atoms with Gasteiger partial charge in [0.2, 0.25) is 0 Å². The number of carbonyl (C=O) groups excluding carboxylic acids is 1. The van der Waals surface area contributed by atoms with Crippen molar-refractivity contribution < 1.29 is 9.42 Å². The van der Waals surface area contributed by atoms with E-state index in [0.717, 1.165) is 13.0 Å². The van der Waals surface area contributed by atoms with Gasteiger partial charge in [-0.1, -0.05) is 11.6 Å². The van der Waals surface area contributed by atoms with Crippen molar-refractivity contribution in [2.24, 2.45) is 0 Å². The second-order valence-electron chi connectivity index (χ2n) is 4.71. The number of nitrogens with zero attached hydrogens (tertiary/aromatic N) is 3. The molecule has 1 saturated heterocycles. The maximum absolute atomic E-state index is 11.7. The summed E-state index contributed by atoms with van der Waals surface area (Å²) < 4.78 is 4.50. The Labute approximate surface area is 107 Å². The number of nitrogens with one attached hydrogen (secondary N) is 1. The zero-order valence-electron chi connectivity index (χ0n) is 10.8. The highest BCUT2D eigenvalue weighted by Gasteiger charge is 2.14. The standard InChI is InChI=1S/C12H20N4O2/c1-10-11(15-18-14-10)12(17)13-6-5-9-16-7-3-2-4-8-16/h2-9H2,1H3,(H,13,17). The summed E-state index contributed by atoms with van der Waals surface area (Å²) in [6.07, 6.45) is 4.92. The smallest absolute Gasteiger partial charge is 0.275 e. The first kappa shape index (κ1) is 13.0. The Morgan fingerprint density at radius 2 is 2.11 bits per heavy atom. The van der Waals surface area contributed by atoms with Crippen LogP contribution in [0.5, 0.6) is 0 Å². The molecule has 18 heavy (non-hydrogen) atoms. The summed E-state index contributed by atoms with van der Waals surface area (Å²) in [4.78, 5) is 14.1. The molecule has 0 saturated carbocycles. The number of likely N-dealkylation sites (tertiary alicyclic amines) is 1. The van der Waals surface area contributed by atoms with E-state index in [2.05, 4.69) is 25.2 Å². The summed E-state index contributed by atoms with van der Waals surface area (Å²) in [5, 5.41) is 10.00. The van der Waals surface area contributed by atoms with Crippen LogP contribution in [0.15, 0.2) is 4.63 Å². The van der Waals surface area contributed by atoms with Crippen molar-refractivity contribution >= 4 is 5.91 Å². The van der Waals surface area contributed by atoms with Crippen LogP contribution < -0.4 is 5.32 Å². The van der Waals surface area contributed by atoms with E-state index < -0.39 is 0 Å². The van der Waals surface area contributed by atoms with Gasteiger partial charge in [-0.2, -0.15) is 0 Å². The maximum atomic E-state index is 11.7. The lowest BCUT2D eigenvalue weighted by molar-refractivity contribution is 0.0941. The molecular formula is C12H20N4O2. The average Bonchev–Trinajstić information content (AvgIpc) is 2.82. The number of aryl methyl sites for hydroxylation is 1. The molecule has 0 bridgehead atoms. The van der Waals surface area contributed by atoms with Crippen molar-refractivity contribution in [1.29, 1.82) is 0 Å². The minimum absolute atomic E-state index is 0.201. The lowest BCUT2D eigenvalue weighted by atomic mass is 10.1. The Balaban J connectivity index is 1.63. The minimum Gasteiger partial charge on any atom is -0.350 e. The van der Waals surface area contributed by atoms with E-state index in [1.165, 1.54) is 32.4 Å². The van der Waals surface area contributed by atoms with Crippen LogP contribution in [-0.2, 0) is 0 Å². The second kappa shape index (κ2) is 6.49. The summed E-state index contributed by atoms with van der Waals surface area (Å²) in [6.45, 7) is 5.82. The predicted molar refractivity (Wildman–Crippen MR) is 66.3 cm³/mol. The van der Waals surface area contributed by atoms with Crippen LogP contribution in [0.1, 0.15) is 41.9 Å². The zero-order chi connectivity index (χ0) is 12.8. The number of hydrogen-bond acceptors (Lipinski definition) is 5. The van der Waals surface area contributed by atoms with E-state index in [9.17, 15) is 4.79 Å². The highest BCUT2D eigenvalue weighted by molar-refractivity contribution is 5.92. The van der Waals surface area contributed by atoms with Gasteiger partial charge in [-0.05, 0) is 51.0 Å². The molecule has 6 heteroatoms. The van der Waals surface area contributed by atoms with Gasteiger partial charge >= 0.3 is 0 Å². The molecule has 1 aromatic heterocycles. The molecule has 0 radical (unpaired) electrons. The van der Waals surface area contributed by atoms with Gasteiger partial charge in [0, 0.05) is 6.54 Å². The Bertz CT molecular complexity index is 385. The van der Waals surface area contributed by atoms with Crippen molar-refractivity contribution in [2.45, 2.75) is 32.6 Å². The second-order valence-corrected chi connectivity index (χ2v) is 4.71. The molecule has 1 aromatic rings. The first-order valence-corrected chi connectivity index (χ1v) is 6.57. The minimum atomic E-state index is -0.201. The van der Waals surface area contributed by atoms with E-state index >= 15 is 0 Å². The molecule has 1 fully saturated rings. The van der Waals surface area contributed by atoms with Crippen molar-refractivity contribution in [3.05, 3.63) is 11.4 Å². The molecule has 0 atom stereocenters. The number of amides is 1. The van der Waals surface area contributed by atoms with Gasteiger partial charge in [-0.15, -0.1) is 0 Å². The molecule has 0 unspecified atom stereocenters. The fraction of sp³-hybridized carbons (Fsp3) is 0.750. The molecule has 100 valence electrons.